The van der Waals surface area contributed by atoms with Gasteiger partial charge in [-0.1, -0.05) is 0 Å². The lowest BCUT2D eigenvalue weighted by Gasteiger charge is -2.27. The average molecular weight is 236 g/mol. The maximum Gasteiger partial charge on any atom is 0.240 e. The highest BCUT2D eigenvalue weighted by atomic mass is 16.5. The van der Waals surface area contributed by atoms with Crippen LogP contribution in [0.4, 0.5) is 5.69 Å². The summed E-state index contributed by atoms with van der Waals surface area (Å²) in [5.74, 6) is 0.783. The van der Waals surface area contributed by atoms with Crippen LogP contribution in [0.5, 0.6) is 5.75 Å². The summed E-state index contributed by atoms with van der Waals surface area (Å²) in [6, 6.07) is 7.33. The number of piperazine rings is 1. The SMILES string of the molecule is O=C1CNCCN1c1ccc(OCCO)cc1. The molecule has 1 aliphatic rings. The summed E-state index contributed by atoms with van der Waals surface area (Å²) in [6.07, 6.45) is 0. The fraction of sp³-hybridized carbons (Fsp3) is 0.417. The van der Waals surface area contributed by atoms with E-state index in [4.69, 9.17) is 9.84 Å². The van der Waals surface area contributed by atoms with Crippen molar-refractivity contribution in [3.63, 3.8) is 0 Å². The lowest BCUT2D eigenvalue weighted by molar-refractivity contribution is -0.118. The van der Waals surface area contributed by atoms with Gasteiger partial charge in [-0.25, -0.2) is 0 Å². The van der Waals surface area contributed by atoms with Crippen molar-refractivity contribution >= 4 is 11.6 Å². The normalized spacial score (nSPS) is 16.1. The number of nitrogens with one attached hydrogen (secondary N) is 1. The average Bonchev–Trinajstić information content (AvgIpc) is 2.38. The number of ether oxygens (including phenoxy) is 1. The van der Waals surface area contributed by atoms with Gasteiger partial charge in [0.15, 0.2) is 0 Å². The molecule has 92 valence electrons. The molecule has 1 saturated heterocycles. The molecule has 1 aromatic rings. The van der Waals surface area contributed by atoms with Gasteiger partial charge in [-0.05, 0) is 24.3 Å². The van der Waals surface area contributed by atoms with Gasteiger partial charge in [-0.2, -0.15) is 0 Å². The molecule has 1 amide bonds. The molecule has 17 heavy (non-hydrogen) atoms. The molecule has 5 heteroatoms. The number of anilines is 1. The third-order valence-corrected chi connectivity index (χ3v) is 2.60. The third-order valence-electron chi connectivity index (χ3n) is 2.60. The number of carbonyl (C=O) groups excluding carboxylic acids is 1. The standard InChI is InChI=1S/C12H16N2O3/c15-7-8-17-11-3-1-10(2-4-11)14-6-5-13-9-12(14)16/h1-4,13,15H,5-9H2. The summed E-state index contributed by atoms with van der Waals surface area (Å²) >= 11 is 0. The topological polar surface area (TPSA) is 61.8 Å². The highest BCUT2D eigenvalue weighted by molar-refractivity contribution is 5.95. The molecule has 0 aromatic heterocycles. The van der Waals surface area contributed by atoms with Gasteiger partial charge in [0.25, 0.3) is 0 Å². The predicted molar refractivity (Wildman–Crippen MR) is 64.2 cm³/mol. The summed E-state index contributed by atoms with van der Waals surface area (Å²) in [4.78, 5) is 13.4. The Balaban J connectivity index is 2.03. The van der Waals surface area contributed by atoms with Crippen LogP contribution in [0.1, 0.15) is 0 Å². The third kappa shape index (κ3) is 2.95. The molecule has 0 atom stereocenters. The van der Waals surface area contributed by atoms with Gasteiger partial charge in [0.2, 0.25) is 5.91 Å². The van der Waals surface area contributed by atoms with Gasteiger partial charge in [-0.15, -0.1) is 0 Å². The number of amides is 1. The molecular weight excluding hydrogens is 220 g/mol. The van der Waals surface area contributed by atoms with E-state index >= 15 is 0 Å². The van der Waals surface area contributed by atoms with Crippen LogP contribution in [-0.2, 0) is 4.79 Å². The van der Waals surface area contributed by atoms with Crippen LogP contribution < -0.4 is 15.0 Å². The van der Waals surface area contributed by atoms with Crippen LogP contribution in [0, 0.1) is 0 Å². The van der Waals surface area contributed by atoms with E-state index in [1.807, 2.05) is 12.1 Å². The minimum Gasteiger partial charge on any atom is -0.491 e. The van der Waals surface area contributed by atoms with Crippen LogP contribution in [0.2, 0.25) is 0 Å². The van der Waals surface area contributed by atoms with Crippen molar-refractivity contribution in [2.24, 2.45) is 0 Å². The quantitative estimate of drug-likeness (QED) is 0.772. The summed E-state index contributed by atoms with van der Waals surface area (Å²) in [7, 11) is 0. The fourth-order valence-corrected chi connectivity index (χ4v) is 1.77. The van der Waals surface area contributed by atoms with Crippen molar-refractivity contribution < 1.29 is 14.6 Å². The second-order valence-electron chi connectivity index (χ2n) is 3.79. The minimum absolute atomic E-state index is 0.00195. The van der Waals surface area contributed by atoms with E-state index in [-0.39, 0.29) is 19.1 Å². The first-order valence-electron chi connectivity index (χ1n) is 5.66. The fourth-order valence-electron chi connectivity index (χ4n) is 1.77. The Hall–Kier alpha value is -1.59. The van der Waals surface area contributed by atoms with Crippen LogP contribution in [0.15, 0.2) is 24.3 Å². The van der Waals surface area contributed by atoms with Crippen molar-refractivity contribution in [2.45, 2.75) is 0 Å². The lowest BCUT2D eigenvalue weighted by atomic mass is 10.2. The van der Waals surface area contributed by atoms with Gasteiger partial charge in [0.1, 0.15) is 12.4 Å². The maximum absolute atomic E-state index is 11.7. The zero-order valence-electron chi connectivity index (χ0n) is 9.56. The smallest absolute Gasteiger partial charge is 0.240 e. The number of aliphatic hydroxyl groups is 1. The Kier molecular flexibility index (Phi) is 3.95. The molecule has 5 nitrogen and oxygen atoms in total. The number of nitrogens with zero attached hydrogens (tertiary/aromatic N) is 1. The van der Waals surface area contributed by atoms with Crippen LogP contribution in [0.25, 0.3) is 0 Å². The zero-order chi connectivity index (χ0) is 12.1. The lowest BCUT2D eigenvalue weighted by Crippen LogP contribution is -2.48. The van der Waals surface area contributed by atoms with E-state index in [1.165, 1.54) is 0 Å². The van der Waals surface area contributed by atoms with E-state index in [1.54, 1.807) is 17.0 Å². The number of rotatable bonds is 4. The highest BCUT2D eigenvalue weighted by Gasteiger charge is 2.18. The van der Waals surface area contributed by atoms with E-state index in [2.05, 4.69) is 5.32 Å². The Bertz CT molecular complexity index is 378. The Morgan fingerprint density at radius 1 is 1.35 bits per heavy atom. The van der Waals surface area contributed by atoms with Gasteiger partial charge < -0.3 is 20.1 Å². The Labute approximate surface area is 100.0 Å². The van der Waals surface area contributed by atoms with Crippen LogP contribution in [0.3, 0.4) is 0 Å². The van der Waals surface area contributed by atoms with Crippen LogP contribution >= 0.6 is 0 Å². The summed E-state index contributed by atoms with van der Waals surface area (Å²) in [5.41, 5.74) is 0.882. The van der Waals surface area contributed by atoms with Gasteiger partial charge in [-0.3, -0.25) is 4.79 Å². The summed E-state index contributed by atoms with van der Waals surface area (Å²) < 4.78 is 5.26. The minimum atomic E-state index is -0.00195. The Morgan fingerprint density at radius 2 is 2.12 bits per heavy atom. The van der Waals surface area contributed by atoms with Gasteiger partial charge >= 0.3 is 0 Å². The zero-order valence-corrected chi connectivity index (χ0v) is 9.56. The largest absolute Gasteiger partial charge is 0.491 e. The molecule has 0 saturated carbocycles. The summed E-state index contributed by atoms with van der Waals surface area (Å²) in [6.45, 7) is 2.18. The first kappa shape index (κ1) is 11.9. The predicted octanol–water partition coefficient (Wildman–Crippen LogP) is -0.00610. The molecule has 0 spiro atoms. The van der Waals surface area contributed by atoms with E-state index in [9.17, 15) is 4.79 Å². The molecule has 1 aliphatic heterocycles. The number of hydrogen-bond acceptors (Lipinski definition) is 4. The van der Waals surface area contributed by atoms with Crippen molar-refractivity contribution in [3.05, 3.63) is 24.3 Å². The monoisotopic (exact) mass is 236 g/mol. The first-order valence-corrected chi connectivity index (χ1v) is 5.66. The van der Waals surface area contributed by atoms with E-state index < -0.39 is 0 Å². The maximum atomic E-state index is 11.7. The molecule has 2 N–H and O–H groups in total. The molecule has 2 rings (SSSR count). The van der Waals surface area contributed by atoms with Crippen molar-refractivity contribution in [2.75, 3.05) is 37.7 Å². The molecule has 0 unspecified atom stereocenters. The van der Waals surface area contributed by atoms with E-state index in [0.717, 1.165) is 12.2 Å². The molecular formula is C12H16N2O3. The van der Waals surface area contributed by atoms with Crippen molar-refractivity contribution in [1.29, 1.82) is 0 Å². The number of hydrogen-bond donors (Lipinski definition) is 2. The van der Waals surface area contributed by atoms with Crippen molar-refractivity contribution in [1.82, 2.24) is 5.32 Å². The van der Waals surface area contributed by atoms with E-state index in [0.29, 0.717) is 18.8 Å². The van der Waals surface area contributed by atoms with Crippen molar-refractivity contribution in [3.8, 4) is 5.75 Å². The molecule has 0 bridgehead atoms. The molecule has 1 aromatic carbocycles. The number of carbonyl (C=O) groups is 1. The number of aliphatic hydroxyl groups excluding tert-OH is 1. The second kappa shape index (κ2) is 5.65. The molecule has 0 aliphatic carbocycles. The molecule has 1 heterocycles. The molecule has 1 fully saturated rings. The van der Waals surface area contributed by atoms with Gasteiger partial charge in [0.05, 0.1) is 13.2 Å². The second-order valence-corrected chi connectivity index (χ2v) is 3.79. The number of benzene rings is 1. The van der Waals surface area contributed by atoms with Gasteiger partial charge in [0, 0.05) is 18.8 Å². The summed E-state index contributed by atoms with van der Waals surface area (Å²) in [5, 5.41) is 11.7. The Morgan fingerprint density at radius 3 is 2.76 bits per heavy atom. The molecule has 0 radical (unpaired) electrons. The van der Waals surface area contributed by atoms with Crippen LogP contribution in [-0.4, -0.2) is 43.9 Å². The first-order chi connectivity index (χ1) is 8.31. The highest BCUT2D eigenvalue weighted by Crippen LogP contribution is 2.20.